The molecular weight excluding hydrogens is 390 g/mol. The summed E-state index contributed by atoms with van der Waals surface area (Å²) in [7, 11) is 1.60. The number of thiophene rings is 1. The molecule has 1 atom stereocenters. The highest BCUT2D eigenvalue weighted by molar-refractivity contribution is 7.12. The molecule has 29 heavy (non-hydrogen) atoms. The number of carbonyl (C=O) groups excluding carboxylic acids is 3. The summed E-state index contributed by atoms with van der Waals surface area (Å²) in [5, 5.41) is 4.57. The molecule has 8 heteroatoms. The van der Waals surface area contributed by atoms with Crippen molar-refractivity contribution in [1.82, 2.24) is 15.1 Å². The Morgan fingerprint density at radius 1 is 1.10 bits per heavy atom. The van der Waals surface area contributed by atoms with Crippen LogP contribution in [-0.2, 0) is 16.0 Å². The first-order valence-corrected chi connectivity index (χ1v) is 10.4. The molecule has 1 aliphatic rings. The fourth-order valence-electron chi connectivity index (χ4n) is 3.26. The van der Waals surface area contributed by atoms with Crippen LogP contribution in [0.15, 0.2) is 41.8 Å². The summed E-state index contributed by atoms with van der Waals surface area (Å²) in [5.41, 5.74) is 0.901. The van der Waals surface area contributed by atoms with Crippen LogP contribution in [0.3, 0.4) is 0 Å². The molecule has 0 radical (unpaired) electrons. The Morgan fingerprint density at radius 2 is 1.83 bits per heavy atom. The normalized spacial score (nSPS) is 15.0. The minimum atomic E-state index is -0.608. The standard InChI is InChI=1S/C21H25N3O4S/c1-15(22-20(26)18-7-4-12-29-18)21(27)24-10-8-23(9-11-24)19(25)14-16-5-3-6-17(13-16)28-2/h3-7,12-13,15H,8-11,14H2,1-2H3,(H,22,26). The Hall–Kier alpha value is -2.87. The second-order valence-electron chi connectivity index (χ2n) is 6.91. The molecule has 1 aromatic carbocycles. The average molecular weight is 416 g/mol. The van der Waals surface area contributed by atoms with E-state index in [-0.39, 0.29) is 17.7 Å². The Kier molecular flexibility index (Phi) is 6.87. The molecule has 1 fully saturated rings. The molecule has 3 amide bonds. The van der Waals surface area contributed by atoms with Gasteiger partial charge in [0.15, 0.2) is 0 Å². The summed E-state index contributed by atoms with van der Waals surface area (Å²) in [5.74, 6) is 0.386. The van der Waals surface area contributed by atoms with Gasteiger partial charge in [-0.05, 0) is 36.1 Å². The van der Waals surface area contributed by atoms with Crippen molar-refractivity contribution in [3.8, 4) is 5.75 Å². The third-order valence-corrected chi connectivity index (χ3v) is 5.77. The summed E-state index contributed by atoms with van der Waals surface area (Å²) in [4.78, 5) is 41.4. The van der Waals surface area contributed by atoms with Crippen molar-refractivity contribution < 1.29 is 19.1 Å². The highest BCUT2D eigenvalue weighted by Gasteiger charge is 2.28. The third kappa shape index (κ3) is 5.35. The van der Waals surface area contributed by atoms with Gasteiger partial charge in [-0.2, -0.15) is 0 Å². The van der Waals surface area contributed by atoms with Gasteiger partial charge in [-0.3, -0.25) is 14.4 Å². The molecule has 2 aromatic rings. The molecule has 1 aromatic heterocycles. The number of piperazine rings is 1. The maximum atomic E-state index is 12.6. The highest BCUT2D eigenvalue weighted by atomic mass is 32.1. The maximum Gasteiger partial charge on any atom is 0.261 e. The highest BCUT2D eigenvalue weighted by Crippen LogP contribution is 2.15. The smallest absolute Gasteiger partial charge is 0.261 e. The number of benzene rings is 1. The summed E-state index contributed by atoms with van der Waals surface area (Å²) in [6.45, 7) is 3.58. The van der Waals surface area contributed by atoms with E-state index in [1.165, 1.54) is 11.3 Å². The van der Waals surface area contributed by atoms with Crippen molar-refractivity contribution in [2.24, 2.45) is 0 Å². The van der Waals surface area contributed by atoms with Crippen LogP contribution in [0, 0.1) is 0 Å². The zero-order chi connectivity index (χ0) is 20.8. The van der Waals surface area contributed by atoms with Crippen LogP contribution in [0.25, 0.3) is 0 Å². The Balaban J connectivity index is 1.48. The minimum absolute atomic E-state index is 0.0319. The molecule has 7 nitrogen and oxygen atoms in total. The summed E-state index contributed by atoms with van der Waals surface area (Å²) < 4.78 is 5.20. The van der Waals surface area contributed by atoms with Gasteiger partial charge in [0.05, 0.1) is 18.4 Å². The molecule has 2 heterocycles. The van der Waals surface area contributed by atoms with Gasteiger partial charge < -0.3 is 19.9 Å². The van der Waals surface area contributed by atoms with Gasteiger partial charge in [0, 0.05) is 26.2 Å². The number of carbonyl (C=O) groups is 3. The van der Waals surface area contributed by atoms with Crippen molar-refractivity contribution in [3.05, 3.63) is 52.2 Å². The Bertz CT molecular complexity index is 861. The molecule has 0 aliphatic carbocycles. The van der Waals surface area contributed by atoms with Crippen LogP contribution in [0.2, 0.25) is 0 Å². The van der Waals surface area contributed by atoms with Gasteiger partial charge in [0.2, 0.25) is 11.8 Å². The van der Waals surface area contributed by atoms with Crippen LogP contribution < -0.4 is 10.1 Å². The first kappa shape index (κ1) is 20.9. The largest absolute Gasteiger partial charge is 0.497 e. The van der Waals surface area contributed by atoms with E-state index in [1.807, 2.05) is 29.6 Å². The molecule has 154 valence electrons. The van der Waals surface area contributed by atoms with Crippen molar-refractivity contribution >= 4 is 29.1 Å². The van der Waals surface area contributed by atoms with Crippen molar-refractivity contribution in [1.29, 1.82) is 0 Å². The van der Waals surface area contributed by atoms with E-state index >= 15 is 0 Å². The topological polar surface area (TPSA) is 79.0 Å². The number of nitrogens with one attached hydrogen (secondary N) is 1. The molecule has 1 saturated heterocycles. The monoisotopic (exact) mass is 415 g/mol. The van der Waals surface area contributed by atoms with E-state index < -0.39 is 6.04 Å². The van der Waals surface area contributed by atoms with Gasteiger partial charge >= 0.3 is 0 Å². The van der Waals surface area contributed by atoms with Gasteiger partial charge in [0.1, 0.15) is 11.8 Å². The molecule has 0 spiro atoms. The lowest BCUT2D eigenvalue weighted by atomic mass is 10.1. The molecule has 1 aliphatic heterocycles. The summed E-state index contributed by atoms with van der Waals surface area (Å²) >= 11 is 1.34. The lowest BCUT2D eigenvalue weighted by Crippen LogP contribution is -2.55. The summed E-state index contributed by atoms with van der Waals surface area (Å²) in [6.07, 6.45) is 0.304. The lowest BCUT2D eigenvalue weighted by molar-refractivity contribution is -0.140. The first-order valence-electron chi connectivity index (χ1n) is 9.52. The van der Waals surface area contributed by atoms with Crippen molar-refractivity contribution in [2.75, 3.05) is 33.3 Å². The molecule has 0 bridgehead atoms. The fourth-order valence-corrected chi connectivity index (χ4v) is 3.88. The van der Waals surface area contributed by atoms with Crippen LogP contribution in [0.4, 0.5) is 0 Å². The van der Waals surface area contributed by atoms with E-state index in [2.05, 4.69) is 5.32 Å². The number of ether oxygens (including phenoxy) is 1. The number of nitrogens with zero attached hydrogens (tertiary/aromatic N) is 2. The number of rotatable bonds is 6. The van der Waals surface area contributed by atoms with Crippen molar-refractivity contribution in [3.63, 3.8) is 0 Å². The van der Waals surface area contributed by atoms with Crippen LogP contribution in [0.1, 0.15) is 22.2 Å². The SMILES string of the molecule is COc1cccc(CC(=O)N2CCN(C(=O)C(C)NC(=O)c3cccs3)CC2)c1. The second kappa shape index (κ2) is 9.56. The third-order valence-electron chi connectivity index (χ3n) is 4.90. The quantitative estimate of drug-likeness (QED) is 0.780. The molecule has 0 saturated carbocycles. The van der Waals surface area contributed by atoms with Crippen LogP contribution >= 0.6 is 11.3 Å². The predicted octanol–water partition coefficient (Wildman–Crippen LogP) is 1.79. The fraction of sp³-hybridized carbons (Fsp3) is 0.381. The van der Waals surface area contributed by atoms with Crippen molar-refractivity contribution in [2.45, 2.75) is 19.4 Å². The van der Waals surface area contributed by atoms with E-state index in [1.54, 1.807) is 36.0 Å². The second-order valence-corrected chi connectivity index (χ2v) is 7.85. The number of hydrogen-bond acceptors (Lipinski definition) is 5. The van der Waals surface area contributed by atoms with E-state index in [9.17, 15) is 14.4 Å². The molecule has 1 unspecified atom stereocenters. The minimum Gasteiger partial charge on any atom is -0.497 e. The van der Waals surface area contributed by atoms with Gasteiger partial charge in [-0.15, -0.1) is 11.3 Å². The van der Waals surface area contributed by atoms with Gasteiger partial charge in [-0.1, -0.05) is 18.2 Å². The molecular formula is C21H25N3O4S. The van der Waals surface area contributed by atoms with Gasteiger partial charge in [0.25, 0.3) is 5.91 Å². The van der Waals surface area contributed by atoms with Crippen LogP contribution in [-0.4, -0.2) is 66.9 Å². The maximum absolute atomic E-state index is 12.6. The lowest BCUT2D eigenvalue weighted by Gasteiger charge is -2.36. The first-order chi connectivity index (χ1) is 14.0. The molecule has 3 rings (SSSR count). The number of hydrogen-bond donors (Lipinski definition) is 1. The Morgan fingerprint density at radius 3 is 2.48 bits per heavy atom. The number of amides is 3. The van der Waals surface area contributed by atoms with E-state index in [0.717, 1.165) is 11.3 Å². The zero-order valence-electron chi connectivity index (χ0n) is 16.6. The molecule has 1 N–H and O–H groups in total. The van der Waals surface area contributed by atoms with E-state index in [0.29, 0.717) is 37.5 Å². The predicted molar refractivity (Wildman–Crippen MR) is 111 cm³/mol. The van der Waals surface area contributed by atoms with Gasteiger partial charge in [-0.25, -0.2) is 0 Å². The van der Waals surface area contributed by atoms with E-state index in [4.69, 9.17) is 4.74 Å². The van der Waals surface area contributed by atoms with Crippen LogP contribution in [0.5, 0.6) is 5.75 Å². The summed E-state index contributed by atoms with van der Waals surface area (Å²) in [6, 6.07) is 10.4. The average Bonchev–Trinajstić information content (AvgIpc) is 3.28. The number of methoxy groups -OCH3 is 1. The Labute approximate surface area is 174 Å². The zero-order valence-corrected chi connectivity index (χ0v) is 17.4.